The lowest BCUT2D eigenvalue weighted by atomic mass is 9.83. The second kappa shape index (κ2) is 7.09. The van der Waals surface area contributed by atoms with Crippen LogP contribution in [0.1, 0.15) is 22.7 Å². The Hall–Kier alpha value is -3.94. The number of nitrogens with two attached hydrogens (primary N) is 1. The Balaban J connectivity index is 2.09. The number of aromatic nitrogens is 3. The summed E-state index contributed by atoms with van der Waals surface area (Å²) in [6.07, 6.45) is -3.29. The van der Waals surface area contributed by atoms with Gasteiger partial charge < -0.3 is 10.5 Å². The van der Waals surface area contributed by atoms with Gasteiger partial charge in [-0.1, -0.05) is 24.3 Å². The second-order valence-electron chi connectivity index (χ2n) is 6.60. The molecule has 6 nitrogen and oxygen atoms in total. The third-order valence-corrected chi connectivity index (χ3v) is 4.72. The van der Waals surface area contributed by atoms with E-state index in [4.69, 9.17) is 10.5 Å². The van der Waals surface area contributed by atoms with Crippen molar-refractivity contribution >= 4 is 0 Å². The molecule has 0 spiro atoms. The number of ether oxygens (including phenoxy) is 1. The third-order valence-electron chi connectivity index (χ3n) is 4.72. The van der Waals surface area contributed by atoms with Crippen molar-refractivity contribution in [2.45, 2.75) is 18.0 Å². The van der Waals surface area contributed by atoms with Gasteiger partial charge in [-0.15, -0.1) is 0 Å². The zero-order valence-electron chi connectivity index (χ0n) is 15.4. The molecular formula is C20H12F5N5O. The highest BCUT2D eigenvalue weighted by atomic mass is 19.4. The number of hydrogen-bond donors (Lipinski definition) is 1. The van der Waals surface area contributed by atoms with E-state index in [1.165, 1.54) is 36.7 Å². The highest BCUT2D eigenvalue weighted by molar-refractivity contribution is 5.58. The molecule has 1 aromatic carbocycles. The lowest BCUT2D eigenvalue weighted by molar-refractivity contribution is -0.291. The average molecular weight is 433 g/mol. The Bertz CT molecular complexity index is 1200. The predicted octanol–water partition coefficient (Wildman–Crippen LogP) is 4.14. The van der Waals surface area contributed by atoms with E-state index in [2.05, 4.69) is 10.1 Å². The summed E-state index contributed by atoms with van der Waals surface area (Å²) in [6, 6.07) is 12.3. The summed E-state index contributed by atoms with van der Waals surface area (Å²) in [6.45, 7) is 0. The lowest BCUT2D eigenvalue weighted by Crippen LogP contribution is -2.36. The first-order valence-corrected chi connectivity index (χ1v) is 8.77. The summed E-state index contributed by atoms with van der Waals surface area (Å²) in [4.78, 5) is 3.88. The van der Waals surface area contributed by atoms with Gasteiger partial charge in [0.1, 0.15) is 17.3 Å². The number of allylic oxidation sites excluding steroid dienone is 1. The maximum atomic E-state index is 14.6. The van der Waals surface area contributed by atoms with Crippen LogP contribution in [0.25, 0.3) is 5.69 Å². The van der Waals surface area contributed by atoms with Crippen LogP contribution in [-0.2, 0) is 5.92 Å². The van der Waals surface area contributed by atoms with E-state index in [0.717, 1.165) is 4.68 Å². The minimum Gasteiger partial charge on any atom is -0.422 e. The van der Waals surface area contributed by atoms with Crippen LogP contribution >= 0.6 is 0 Å². The molecule has 0 radical (unpaired) electrons. The molecule has 0 fully saturated rings. The van der Waals surface area contributed by atoms with Crippen molar-refractivity contribution in [1.82, 2.24) is 14.8 Å². The van der Waals surface area contributed by atoms with Crippen LogP contribution in [0.2, 0.25) is 0 Å². The van der Waals surface area contributed by atoms with Crippen molar-refractivity contribution in [2.24, 2.45) is 5.73 Å². The molecule has 1 atom stereocenters. The smallest absolute Gasteiger partial charge is 0.422 e. The van der Waals surface area contributed by atoms with Crippen LogP contribution < -0.4 is 10.5 Å². The van der Waals surface area contributed by atoms with Crippen molar-refractivity contribution in [2.75, 3.05) is 0 Å². The van der Waals surface area contributed by atoms with Gasteiger partial charge in [0.05, 0.1) is 17.2 Å². The Kier molecular flexibility index (Phi) is 4.65. The first kappa shape index (κ1) is 20.3. The largest absolute Gasteiger partial charge is 0.459 e. The van der Waals surface area contributed by atoms with Gasteiger partial charge in [-0.3, -0.25) is 4.98 Å². The van der Waals surface area contributed by atoms with E-state index in [9.17, 15) is 27.2 Å². The molecule has 3 aromatic rings. The first-order chi connectivity index (χ1) is 14.7. The quantitative estimate of drug-likeness (QED) is 0.627. The maximum Gasteiger partial charge on any atom is 0.459 e. The average Bonchev–Trinajstić information content (AvgIpc) is 3.12. The van der Waals surface area contributed by atoms with E-state index in [1.54, 1.807) is 24.3 Å². The SMILES string of the molecule is N#CC1=C(N)Oc2c(c(C(F)(F)C(F)(F)F)nn2-c2ccccc2)[C@H]1c1cccnc1. The molecule has 3 heterocycles. The normalized spacial score (nSPS) is 16.5. The molecule has 31 heavy (non-hydrogen) atoms. The van der Waals surface area contributed by atoms with Crippen LogP contribution in [0.15, 0.2) is 66.3 Å². The highest BCUT2D eigenvalue weighted by Gasteiger charge is 2.63. The number of halogens is 5. The molecule has 2 N–H and O–H groups in total. The Morgan fingerprint density at radius 2 is 1.77 bits per heavy atom. The zero-order chi connectivity index (χ0) is 22.4. The lowest BCUT2D eigenvalue weighted by Gasteiger charge is -2.26. The van der Waals surface area contributed by atoms with Crippen LogP contribution in [0, 0.1) is 11.3 Å². The van der Waals surface area contributed by atoms with Gasteiger partial charge >= 0.3 is 12.1 Å². The minimum atomic E-state index is -5.93. The second-order valence-corrected chi connectivity index (χ2v) is 6.60. The summed E-state index contributed by atoms with van der Waals surface area (Å²) in [5.74, 6) is -7.57. The molecule has 2 aromatic heterocycles. The fourth-order valence-electron chi connectivity index (χ4n) is 3.33. The van der Waals surface area contributed by atoms with E-state index in [1.807, 2.05) is 0 Å². The fraction of sp³-hybridized carbons (Fsp3) is 0.150. The van der Waals surface area contributed by atoms with E-state index >= 15 is 0 Å². The number of alkyl halides is 5. The Morgan fingerprint density at radius 3 is 2.35 bits per heavy atom. The molecule has 1 aliphatic rings. The standard InChI is InChI=1S/C20H12F5N5O/c21-19(22,20(23,24)25)16-15-14(11-5-4-8-28-10-11)13(9-26)17(27)31-18(15)30(29-16)12-6-2-1-3-7-12/h1-8,10,14H,27H2/t14-/m0/s1. The molecule has 0 saturated carbocycles. The summed E-state index contributed by atoms with van der Waals surface area (Å²) in [5.41, 5.74) is 3.68. The van der Waals surface area contributed by atoms with Crippen molar-refractivity contribution in [3.63, 3.8) is 0 Å². The number of hydrogen-bond acceptors (Lipinski definition) is 5. The van der Waals surface area contributed by atoms with Gasteiger partial charge in [0.15, 0.2) is 0 Å². The van der Waals surface area contributed by atoms with Crippen LogP contribution in [-0.4, -0.2) is 20.9 Å². The number of rotatable bonds is 3. The zero-order valence-corrected chi connectivity index (χ0v) is 15.4. The Labute approximate surface area is 172 Å². The van der Waals surface area contributed by atoms with Gasteiger partial charge in [-0.2, -0.15) is 37.0 Å². The summed E-state index contributed by atoms with van der Waals surface area (Å²) < 4.78 is 75.4. The van der Waals surface area contributed by atoms with E-state index < -0.39 is 41.0 Å². The van der Waals surface area contributed by atoms with Crippen molar-refractivity contribution < 1.29 is 26.7 Å². The monoisotopic (exact) mass is 433 g/mol. The highest BCUT2D eigenvalue weighted by Crippen LogP contribution is 2.52. The summed E-state index contributed by atoms with van der Waals surface area (Å²) in [7, 11) is 0. The molecule has 1 aliphatic heterocycles. The van der Waals surface area contributed by atoms with Crippen LogP contribution in [0.4, 0.5) is 22.0 Å². The van der Waals surface area contributed by atoms with Crippen LogP contribution in [0.5, 0.6) is 5.88 Å². The van der Waals surface area contributed by atoms with E-state index in [0.29, 0.717) is 0 Å². The number of pyridine rings is 1. The fourth-order valence-corrected chi connectivity index (χ4v) is 3.33. The number of nitrogens with zero attached hydrogens (tertiary/aromatic N) is 4. The minimum absolute atomic E-state index is 0.168. The van der Waals surface area contributed by atoms with Gasteiger partial charge in [0.2, 0.25) is 11.8 Å². The van der Waals surface area contributed by atoms with Crippen molar-refractivity contribution in [3.8, 4) is 17.6 Å². The molecule has 158 valence electrons. The molecule has 11 heteroatoms. The van der Waals surface area contributed by atoms with Gasteiger partial charge in [0, 0.05) is 12.4 Å². The van der Waals surface area contributed by atoms with Crippen molar-refractivity contribution in [3.05, 3.63) is 83.1 Å². The molecule has 0 aliphatic carbocycles. The van der Waals surface area contributed by atoms with Gasteiger partial charge in [0.25, 0.3) is 0 Å². The van der Waals surface area contributed by atoms with Crippen LogP contribution in [0.3, 0.4) is 0 Å². The molecule has 0 unspecified atom stereocenters. The first-order valence-electron chi connectivity index (χ1n) is 8.77. The number of para-hydroxylation sites is 1. The van der Waals surface area contributed by atoms with E-state index in [-0.39, 0.29) is 16.8 Å². The molecule has 0 bridgehead atoms. The van der Waals surface area contributed by atoms with Gasteiger partial charge in [-0.05, 0) is 23.8 Å². The number of benzene rings is 1. The molecule has 0 amide bonds. The van der Waals surface area contributed by atoms with Crippen molar-refractivity contribution in [1.29, 1.82) is 5.26 Å². The predicted molar refractivity (Wildman–Crippen MR) is 97.0 cm³/mol. The van der Waals surface area contributed by atoms with Gasteiger partial charge in [-0.25, -0.2) is 0 Å². The molecule has 4 rings (SSSR count). The third kappa shape index (κ3) is 3.16. The maximum absolute atomic E-state index is 14.6. The number of nitriles is 1. The Morgan fingerprint density at radius 1 is 1.06 bits per heavy atom. The number of fused-ring (bicyclic) bond motifs is 1. The molecule has 0 saturated heterocycles. The summed E-state index contributed by atoms with van der Waals surface area (Å²) >= 11 is 0. The molecular weight excluding hydrogens is 421 g/mol. The topological polar surface area (TPSA) is 89.8 Å². The summed E-state index contributed by atoms with van der Waals surface area (Å²) in [5, 5.41) is 13.2.